The van der Waals surface area contributed by atoms with E-state index < -0.39 is 11.0 Å². The fourth-order valence-corrected chi connectivity index (χ4v) is 1.35. The highest BCUT2D eigenvalue weighted by Gasteiger charge is 2.42. The normalized spacial score (nSPS) is 26.1. The first-order valence-electron chi connectivity index (χ1n) is 3.02. The molecule has 0 bridgehead atoms. The van der Waals surface area contributed by atoms with Gasteiger partial charge in [-0.05, 0) is 0 Å². The molecule has 1 heterocycles. The smallest absolute Gasteiger partial charge is 0.367 e. The van der Waals surface area contributed by atoms with E-state index in [4.69, 9.17) is 0 Å². The first-order chi connectivity index (χ1) is 5.75. The van der Waals surface area contributed by atoms with Gasteiger partial charge in [-0.3, -0.25) is 4.79 Å². The summed E-state index contributed by atoms with van der Waals surface area (Å²) in [6.07, 6.45) is 1.71. The Morgan fingerprint density at radius 2 is 2.67 bits per heavy atom. The zero-order chi connectivity index (χ0) is 9.03. The average molecular weight is 189 g/mol. The number of carbonyl (C=O) groups is 2. The summed E-state index contributed by atoms with van der Waals surface area (Å²) in [5.74, 6) is -0.624. The molecular formula is C5H7N3O3S. The first-order valence-corrected chi connectivity index (χ1v) is 3.84. The molecule has 0 spiro atoms. The fraction of sp³-hybridized carbons (Fsp3) is 0.400. The second-order valence-electron chi connectivity index (χ2n) is 1.88. The van der Waals surface area contributed by atoms with Crippen LogP contribution in [0.25, 0.3) is 0 Å². The molecule has 0 aromatic carbocycles. The highest BCUT2D eigenvalue weighted by molar-refractivity contribution is 8.00. The molecule has 0 aromatic rings. The minimum absolute atomic E-state index is 0.397. The Morgan fingerprint density at radius 1 is 1.92 bits per heavy atom. The molecule has 1 aliphatic heterocycles. The zero-order valence-corrected chi connectivity index (χ0v) is 7.05. The molecule has 0 saturated heterocycles. The summed E-state index contributed by atoms with van der Waals surface area (Å²) >= 11 is 0.958. The van der Waals surface area contributed by atoms with Gasteiger partial charge in [0.1, 0.15) is 0 Å². The van der Waals surface area contributed by atoms with Crippen molar-refractivity contribution >= 4 is 30.7 Å². The molecule has 2 N–H and O–H groups in total. The molecular weight excluding hydrogens is 182 g/mol. The van der Waals surface area contributed by atoms with Crippen molar-refractivity contribution in [2.75, 3.05) is 7.11 Å². The summed E-state index contributed by atoms with van der Waals surface area (Å²) in [6, 6.07) is 0. The van der Waals surface area contributed by atoms with Crippen molar-refractivity contribution in [3.63, 3.8) is 0 Å². The number of hydrogen-bond acceptors (Lipinski definition) is 6. The standard InChI is InChI=1S/C5H7N3O3S/c1-11-4(10)5(7-3-9)6-2-8-12-5/h2-3H,1H3,(H,6,8)(H,7,9). The van der Waals surface area contributed by atoms with E-state index in [1.165, 1.54) is 13.4 Å². The van der Waals surface area contributed by atoms with Crippen LogP contribution in [-0.4, -0.2) is 30.8 Å². The third-order valence-corrected chi connectivity index (χ3v) is 2.13. The maximum atomic E-state index is 11.1. The minimum Gasteiger partial charge on any atom is -0.465 e. The van der Waals surface area contributed by atoms with Gasteiger partial charge in [0.15, 0.2) is 0 Å². The summed E-state index contributed by atoms with van der Waals surface area (Å²) in [7, 11) is 1.23. The van der Waals surface area contributed by atoms with E-state index in [-0.39, 0.29) is 0 Å². The average Bonchev–Trinajstić information content (AvgIpc) is 2.53. The highest BCUT2D eigenvalue weighted by Crippen LogP contribution is 2.25. The molecule has 0 saturated carbocycles. The van der Waals surface area contributed by atoms with Gasteiger partial charge in [0.25, 0.3) is 4.99 Å². The van der Waals surface area contributed by atoms with Crippen molar-refractivity contribution in [3.05, 3.63) is 0 Å². The van der Waals surface area contributed by atoms with Gasteiger partial charge in [0.05, 0.1) is 13.4 Å². The van der Waals surface area contributed by atoms with Crippen molar-refractivity contribution in [2.24, 2.45) is 4.99 Å². The van der Waals surface area contributed by atoms with E-state index in [0.717, 1.165) is 11.9 Å². The van der Waals surface area contributed by atoms with Gasteiger partial charge < -0.3 is 14.8 Å². The summed E-state index contributed by atoms with van der Waals surface area (Å²) in [4.78, 5) is 23.6. The lowest BCUT2D eigenvalue weighted by atomic mass is 10.5. The Kier molecular flexibility index (Phi) is 2.54. The van der Waals surface area contributed by atoms with Crippen LogP contribution in [0.3, 0.4) is 0 Å². The number of rotatable bonds is 3. The van der Waals surface area contributed by atoms with E-state index >= 15 is 0 Å². The predicted molar refractivity (Wildman–Crippen MR) is 43.2 cm³/mol. The molecule has 12 heavy (non-hydrogen) atoms. The van der Waals surface area contributed by atoms with Crippen LogP contribution >= 0.6 is 11.9 Å². The van der Waals surface area contributed by atoms with Crippen LogP contribution in [0.5, 0.6) is 0 Å². The van der Waals surface area contributed by atoms with Gasteiger partial charge in [-0.2, -0.15) is 0 Å². The number of nitrogens with zero attached hydrogens (tertiary/aromatic N) is 1. The van der Waals surface area contributed by atoms with Gasteiger partial charge >= 0.3 is 5.97 Å². The lowest BCUT2D eigenvalue weighted by molar-refractivity contribution is -0.145. The second-order valence-corrected chi connectivity index (χ2v) is 2.91. The molecule has 1 aliphatic rings. The molecule has 0 aliphatic carbocycles. The zero-order valence-electron chi connectivity index (χ0n) is 6.23. The van der Waals surface area contributed by atoms with Crippen LogP contribution in [0, 0.1) is 0 Å². The summed E-state index contributed by atoms with van der Waals surface area (Å²) in [6.45, 7) is 0. The van der Waals surface area contributed by atoms with Gasteiger partial charge in [-0.15, -0.1) is 0 Å². The molecule has 1 rings (SSSR count). The van der Waals surface area contributed by atoms with E-state index in [2.05, 4.69) is 19.8 Å². The molecule has 0 radical (unpaired) electrons. The molecule has 0 aromatic heterocycles. The van der Waals surface area contributed by atoms with Crippen molar-refractivity contribution < 1.29 is 14.3 Å². The van der Waals surface area contributed by atoms with E-state index in [0.29, 0.717) is 6.41 Å². The van der Waals surface area contributed by atoms with Gasteiger partial charge in [0.2, 0.25) is 6.41 Å². The first kappa shape index (κ1) is 8.85. The highest BCUT2D eigenvalue weighted by atomic mass is 32.2. The number of ether oxygens (including phenoxy) is 1. The Hall–Kier alpha value is -1.24. The maximum Gasteiger partial charge on any atom is 0.367 e. The lowest BCUT2D eigenvalue weighted by Crippen LogP contribution is -2.46. The van der Waals surface area contributed by atoms with Crippen molar-refractivity contribution in [1.29, 1.82) is 0 Å². The Bertz CT molecular complexity index is 232. The van der Waals surface area contributed by atoms with E-state index in [9.17, 15) is 9.59 Å². The van der Waals surface area contributed by atoms with E-state index in [1.54, 1.807) is 0 Å². The number of methoxy groups -OCH3 is 1. The fourth-order valence-electron chi connectivity index (χ4n) is 0.693. The van der Waals surface area contributed by atoms with Crippen LogP contribution in [-0.2, 0) is 14.3 Å². The number of hydrogen-bond donors (Lipinski definition) is 2. The van der Waals surface area contributed by atoms with Crippen LogP contribution in [0.4, 0.5) is 0 Å². The molecule has 66 valence electrons. The van der Waals surface area contributed by atoms with Crippen LogP contribution < -0.4 is 10.0 Å². The summed E-state index contributed by atoms with van der Waals surface area (Å²) < 4.78 is 7.07. The lowest BCUT2D eigenvalue weighted by Gasteiger charge is -2.18. The quantitative estimate of drug-likeness (QED) is 0.332. The van der Waals surface area contributed by atoms with Crippen molar-refractivity contribution in [1.82, 2.24) is 10.0 Å². The summed E-state index contributed by atoms with van der Waals surface area (Å²) in [5.41, 5.74) is 0. The Balaban J connectivity index is 2.78. The molecule has 7 heteroatoms. The molecule has 1 unspecified atom stereocenters. The Morgan fingerprint density at radius 3 is 3.08 bits per heavy atom. The number of aliphatic imine (C=N–C) groups is 1. The number of carbonyl (C=O) groups excluding carboxylic acids is 2. The number of nitrogens with one attached hydrogen (secondary N) is 2. The third-order valence-electron chi connectivity index (χ3n) is 1.22. The van der Waals surface area contributed by atoms with Crippen LogP contribution in [0.2, 0.25) is 0 Å². The molecule has 6 nitrogen and oxygen atoms in total. The summed E-state index contributed by atoms with van der Waals surface area (Å²) in [5, 5.41) is 2.26. The molecule has 1 amide bonds. The van der Waals surface area contributed by atoms with Crippen LogP contribution in [0.15, 0.2) is 4.99 Å². The maximum absolute atomic E-state index is 11.1. The SMILES string of the molecule is COC(=O)C1(NC=O)N=CNS1. The van der Waals surface area contributed by atoms with Crippen molar-refractivity contribution in [3.8, 4) is 0 Å². The predicted octanol–water partition coefficient (Wildman–Crippen LogP) is -1.16. The molecule has 1 atom stereocenters. The monoisotopic (exact) mass is 189 g/mol. The topological polar surface area (TPSA) is 79.8 Å². The van der Waals surface area contributed by atoms with Gasteiger partial charge in [0, 0.05) is 11.9 Å². The van der Waals surface area contributed by atoms with Crippen LogP contribution in [0.1, 0.15) is 0 Å². The van der Waals surface area contributed by atoms with E-state index in [1.807, 2.05) is 0 Å². The second kappa shape index (κ2) is 3.44. The van der Waals surface area contributed by atoms with Crippen molar-refractivity contribution in [2.45, 2.75) is 4.99 Å². The largest absolute Gasteiger partial charge is 0.465 e. The molecule has 0 fully saturated rings. The number of amides is 1. The van der Waals surface area contributed by atoms with Gasteiger partial charge in [-0.25, -0.2) is 9.79 Å². The minimum atomic E-state index is -1.35. The Labute approximate surface area is 72.9 Å². The third kappa shape index (κ3) is 1.35. The van der Waals surface area contributed by atoms with Gasteiger partial charge in [-0.1, -0.05) is 0 Å². The number of esters is 1.